The van der Waals surface area contributed by atoms with Crippen molar-refractivity contribution in [1.82, 2.24) is 0 Å². The van der Waals surface area contributed by atoms with Gasteiger partial charge in [-0.2, -0.15) is 0 Å². The number of carbonyl (C=O) groups is 3. The Morgan fingerprint density at radius 3 is 2.24 bits per heavy atom. The van der Waals surface area contributed by atoms with Gasteiger partial charge in [-0.15, -0.1) is 0 Å². The molecule has 29 heavy (non-hydrogen) atoms. The lowest BCUT2D eigenvalue weighted by atomic mass is 9.97. The molecule has 8 nitrogen and oxygen atoms in total. The van der Waals surface area contributed by atoms with Crippen LogP contribution in [0.3, 0.4) is 0 Å². The maximum Gasteiger partial charge on any atom is 0.365 e. The van der Waals surface area contributed by atoms with Crippen molar-refractivity contribution >= 4 is 29.1 Å². The zero-order chi connectivity index (χ0) is 21.2. The fraction of sp³-hybridized carbons (Fsp3) is 0.190. The highest BCUT2D eigenvalue weighted by Crippen LogP contribution is 2.39. The first-order valence-electron chi connectivity index (χ1n) is 8.77. The molecule has 1 atom stereocenters. The van der Waals surface area contributed by atoms with Gasteiger partial charge in [0.1, 0.15) is 17.1 Å². The number of anilines is 1. The Hall–Kier alpha value is -3.65. The van der Waals surface area contributed by atoms with Crippen molar-refractivity contribution in [2.24, 2.45) is 0 Å². The van der Waals surface area contributed by atoms with Gasteiger partial charge in [0.2, 0.25) is 0 Å². The summed E-state index contributed by atoms with van der Waals surface area (Å²) in [5.41, 5.74) is -3.40. The predicted octanol–water partition coefficient (Wildman–Crippen LogP) is 1.83. The second kappa shape index (κ2) is 7.76. The van der Waals surface area contributed by atoms with Crippen LogP contribution in [-0.4, -0.2) is 47.3 Å². The van der Waals surface area contributed by atoms with Gasteiger partial charge in [0.25, 0.3) is 11.5 Å². The Morgan fingerprint density at radius 2 is 1.69 bits per heavy atom. The molecule has 1 heterocycles. The quantitative estimate of drug-likeness (QED) is 0.342. The zero-order valence-electron chi connectivity index (χ0n) is 15.8. The van der Waals surface area contributed by atoms with Gasteiger partial charge >= 0.3 is 11.9 Å². The van der Waals surface area contributed by atoms with E-state index in [1.165, 1.54) is 24.3 Å². The third-order valence-corrected chi connectivity index (χ3v) is 4.46. The van der Waals surface area contributed by atoms with Gasteiger partial charge in [-0.25, -0.2) is 4.79 Å². The number of rotatable bonds is 5. The average molecular weight is 397 g/mol. The predicted molar refractivity (Wildman–Crippen MR) is 103 cm³/mol. The molecule has 2 aromatic carbocycles. The number of Topliss-reactive ketones (excluding diaryl/α,β-unsaturated/α-hetero) is 1. The van der Waals surface area contributed by atoms with Gasteiger partial charge in [-0.1, -0.05) is 18.2 Å². The van der Waals surface area contributed by atoms with Gasteiger partial charge in [-0.3, -0.25) is 14.5 Å². The van der Waals surface area contributed by atoms with Crippen molar-refractivity contribution in [2.45, 2.75) is 12.6 Å². The minimum atomic E-state index is -2.83. The highest BCUT2D eigenvalue weighted by molar-refractivity contribution is 6.54. The van der Waals surface area contributed by atoms with E-state index in [9.17, 15) is 24.6 Å². The summed E-state index contributed by atoms with van der Waals surface area (Å²) in [6.45, 7) is 2.25. The Kier molecular flexibility index (Phi) is 5.38. The van der Waals surface area contributed by atoms with Crippen LogP contribution in [0.5, 0.6) is 5.75 Å². The van der Waals surface area contributed by atoms with Crippen molar-refractivity contribution in [2.75, 3.05) is 18.6 Å². The molecule has 2 aromatic rings. The molecule has 3 rings (SSSR count). The summed E-state index contributed by atoms with van der Waals surface area (Å²) in [6.07, 6.45) is 0. The molecule has 2 N–H and O–H groups in total. The van der Waals surface area contributed by atoms with E-state index in [1.807, 2.05) is 6.92 Å². The minimum absolute atomic E-state index is 0.0910. The SMILES string of the molecule is CCOc1ccc(/C(O)=C2/C(=O)C(=O)N(c3ccccc3)C2(O)C(=O)OC)cc1. The van der Waals surface area contributed by atoms with Crippen LogP contribution in [0, 0.1) is 0 Å². The molecule has 1 aliphatic rings. The maximum absolute atomic E-state index is 12.7. The molecular formula is C21H19NO7. The van der Waals surface area contributed by atoms with E-state index in [0.717, 1.165) is 7.11 Å². The number of aliphatic hydroxyl groups is 2. The lowest BCUT2D eigenvalue weighted by molar-refractivity contribution is -0.158. The summed E-state index contributed by atoms with van der Waals surface area (Å²) in [5, 5.41) is 22.0. The Bertz CT molecular complexity index is 982. The van der Waals surface area contributed by atoms with Gasteiger partial charge in [-0.05, 0) is 43.3 Å². The summed E-state index contributed by atoms with van der Waals surface area (Å²) < 4.78 is 9.98. The van der Waals surface area contributed by atoms with Crippen LogP contribution in [0.2, 0.25) is 0 Å². The average Bonchev–Trinajstić information content (AvgIpc) is 2.94. The molecule has 0 radical (unpaired) electrons. The maximum atomic E-state index is 12.7. The zero-order valence-corrected chi connectivity index (χ0v) is 15.8. The molecule has 1 fully saturated rings. The van der Waals surface area contributed by atoms with Crippen LogP contribution < -0.4 is 9.64 Å². The Morgan fingerprint density at radius 1 is 1.07 bits per heavy atom. The fourth-order valence-electron chi connectivity index (χ4n) is 3.14. The van der Waals surface area contributed by atoms with Crippen LogP contribution in [0.25, 0.3) is 5.76 Å². The fourth-order valence-corrected chi connectivity index (χ4v) is 3.14. The lowest BCUT2D eigenvalue weighted by Crippen LogP contribution is -2.54. The third kappa shape index (κ3) is 3.23. The van der Waals surface area contributed by atoms with Crippen LogP contribution in [-0.2, 0) is 19.1 Å². The number of carbonyl (C=O) groups excluding carboxylic acids is 3. The number of ether oxygens (including phenoxy) is 2. The van der Waals surface area contributed by atoms with E-state index in [2.05, 4.69) is 4.74 Å². The molecule has 0 aliphatic carbocycles. The number of para-hydroxylation sites is 1. The monoisotopic (exact) mass is 397 g/mol. The van der Waals surface area contributed by atoms with Crippen molar-refractivity contribution in [3.8, 4) is 5.75 Å². The number of methoxy groups -OCH3 is 1. The molecule has 8 heteroatoms. The first-order valence-corrected chi connectivity index (χ1v) is 8.77. The standard InChI is InChI=1S/C21H19NO7/c1-3-29-15-11-9-13(10-12-15)17(23)16-18(24)19(25)22(14-7-5-4-6-8-14)21(16,27)20(26)28-2/h4-12,23,27H,3H2,1-2H3/b17-16+. The molecule has 1 unspecified atom stereocenters. The summed E-state index contributed by atoms with van der Waals surface area (Å²) in [5.74, 6) is -3.85. The van der Waals surface area contributed by atoms with E-state index in [-0.39, 0.29) is 11.3 Å². The molecule has 1 aliphatic heterocycles. The van der Waals surface area contributed by atoms with Crippen molar-refractivity contribution in [1.29, 1.82) is 0 Å². The second-order valence-electron chi connectivity index (χ2n) is 6.15. The number of hydrogen-bond donors (Lipinski definition) is 2. The molecular weight excluding hydrogens is 378 g/mol. The number of hydrogen-bond acceptors (Lipinski definition) is 7. The van der Waals surface area contributed by atoms with E-state index >= 15 is 0 Å². The molecule has 150 valence electrons. The van der Waals surface area contributed by atoms with Gasteiger partial charge in [0.15, 0.2) is 0 Å². The van der Waals surface area contributed by atoms with Crippen molar-refractivity contribution < 1.29 is 34.1 Å². The van der Waals surface area contributed by atoms with Crippen LogP contribution >= 0.6 is 0 Å². The summed E-state index contributed by atoms with van der Waals surface area (Å²) >= 11 is 0. The van der Waals surface area contributed by atoms with Crippen LogP contribution in [0.4, 0.5) is 5.69 Å². The number of ketones is 1. The van der Waals surface area contributed by atoms with Crippen molar-refractivity contribution in [3.05, 3.63) is 65.7 Å². The normalized spacial score (nSPS) is 20.6. The molecule has 0 saturated carbocycles. The van der Waals surface area contributed by atoms with Crippen molar-refractivity contribution in [3.63, 3.8) is 0 Å². The first kappa shape index (κ1) is 20.1. The summed E-state index contributed by atoms with van der Waals surface area (Å²) in [7, 11) is 1.00. The highest BCUT2D eigenvalue weighted by Gasteiger charge is 2.62. The number of benzene rings is 2. The van der Waals surface area contributed by atoms with Crippen LogP contribution in [0.15, 0.2) is 60.2 Å². The molecule has 0 bridgehead atoms. The summed E-state index contributed by atoms with van der Waals surface area (Å²) in [4.78, 5) is 38.5. The Labute approximate surface area is 166 Å². The molecule has 1 saturated heterocycles. The largest absolute Gasteiger partial charge is 0.507 e. The smallest absolute Gasteiger partial charge is 0.365 e. The highest BCUT2D eigenvalue weighted by atomic mass is 16.5. The Balaban J connectivity index is 2.20. The first-order chi connectivity index (χ1) is 13.9. The molecule has 1 amide bonds. The second-order valence-corrected chi connectivity index (χ2v) is 6.15. The van der Waals surface area contributed by atoms with Gasteiger partial charge in [0, 0.05) is 11.3 Å². The number of aliphatic hydroxyl groups excluding tert-OH is 1. The minimum Gasteiger partial charge on any atom is -0.507 e. The number of amides is 1. The summed E-state index contributed by atoms with van der Waals surface area (Å²) in [6, 6.07) is 13.6. The van der Waals surface area contributed by atoms with Gasteiger partial charge < -0.3 is 19.7 Å². The van der Waals surface area contributed by atoms with Crippen LogP contribution in [0.1, 0.15) is 12.5 Å². The lowest BCUT2D eigenvalue weighted by Gasteiger charge is -2.30. The number of nitrogens with zero attached hydrogens (tertiary/aromatic N) is 1. The third-order valence-electron chi connectivity index (χ3n) is 4.46. The molecule has 0 aromatic heterocycles. The van der Waals surface area contributed by atoms with E-state index < -0.39 is 34.7 Å². The topological polar surface area (TPSA) is 113 Å². The van der Waals surface area contributed by atoms with E-state index in [1.54, 1.807) is 30.3 Å². The van der Waals surface area contributed by atoms with E-state index in [4.69, 9.17) is 4.74 Å². The van der Waals surface area contributed by atoms with Gasteiger partial charge in [0.05, 0.1) is 13.7 Å². The molecule has 0 spiro atoms. The van der Waals surface area contributed by atoms with E-state index in [0.29, 0.717) is 17.3 Å². The number of esters is 1.